The third kappa shape index (κ3) is 2.97. The van der Waals surface area contributed by atoms with Crippen molar-refractivity contribution >= 4 is 11.0 Å². The van der Waals surface area contributed by atoms with E-state index in [2.05, 4.69) is 31.0 Å². The van der Waals surface area contributed by atoms with Crippen LogP contribution in [0.1, 0.15) is 18.7 Å². The van der Waals surface area contributed by atoms with Gasteiger partial charge in [0.1, 0.15) is 11.3 Å². The topological polar surface area (TPSA) is 51.6 Å². The minimum Gasteiger partial charge on any atom is -0.459 e. The predicted octanol–water partition coefficient (Wildman–Crippen LogP) is 2.40. The molecular weight excluding hydrogens is 240 g/mol. The molecule has 2 N–H and O–H groups in total. The van der Waals surface area contributed by atoms with Gasteiger partial charge in [0.25, 0.3) is 0 Å². The van der Waals surface area contributed by atoms with Crippen molar-refractivity contribution in [2.75, 3.05) is 27.3 Å². The number of hydrogen-bond donors (Lipinski definition) is 1. The molecule has 1 aromatic heterocycles. The van der Waals surface area contributed by atoms with E-state index < -0.39 is 0 Å². The lowest BCUT2D eigenvalue weighted by molar-refractivity contribution is 0.0847. The quantitative estimate of drug-likeness (QED) is 0.868. The molecule has 0 amide bonds. The number of hydrogen-bond acceptors (Lipinski definition) is 4. The fraction of sp³-hybridized carbons (Fsp3) is 0.467. The van der Waals surface area contributed by atoms with E-state index in [4.69, 9.17) is 14.9 Å². The lowest BCUT2D eigenvalue weighted by Gasteiger charge is -2.30. The Kier molecular flexibility index (Phi) is 4.58. The first-order chi connectivity index (χ1) is 9.17. The number of para-hydroxylation sites is 1. The molecule has 19 heavy (non-hydrogen) atoms. The van der Waals surface area contributed by atoms with Crippen LogP contribution >= 0.6 is 0 Å². The molecule has 104 valence electrons. The first-order valence-electron chi connectivity index (χ1n) is 6.56. The Morgan fingerprint density at radius 1 is 1.37 bits per heavy atom. The molecule has 0 radical (unpaired) electrons. The van der Waals surface area contributed by atoms with Crippen LogP contribution in [0.2, 0.25) is 0 Å². The van der Waals surface area contributed by atoms with E-state index in [1.165, 1.54) is 0 Å². The molecule has 0 bridgehead atoms. The molecule has 1 heterocycles. The molecule has 2 rings (SSSR count). The van der Waals surface area contributed by atoms with E-state index in [1.807, 2.05) is 18.2 Å². The molecule has 2 atom stereocenters. The summed E-state index contributed by atoms with van der Waals surface area (Å²) in [5, 5.41) is 1.11. The van der Waals surface area contributed by atoms with Gasteiger partial charge >= 0.3 is 0 Å². The van der Waals surface area contributed by atoms with E-state index in [0.29, 0.717) is 13.2 Å². The van der Waals surface area contributed by atoms with Gasteiger partial charge in [-0.2, -0.15) is 0 Å². The van der Waals surface area contributed by atoms with Crippen molar-refractivity contribution in [3.8, 4) is 0 Å². The third-order valence-corrected chi connectivity index (χ3v) is 3.59. The second-order valence-electron chi connectivity index (χ2n) is 4.91. The van der Waals surface area contributed by atoms with E-state index >= 15 is 0 Å². The molecular formula is C15H22N2O2. The summed E-state index contributed by atoms with van der Waals surface area (Å²) < 4.78 is 11.1. The van der Waals surface area contributed by atoms with Gasteiger partial charge in [0.05, 0.1) is 12.6 Å². The normalized spacial score (nSPS) is 15.0. The minimum atomic E-state index is 0.0672. The maximum atomic E-state index is 5.92. The lowest BCUT2D eigenvalue weighted by Crippen LogP contribution is -2.39. The van der Waals surface area contributed by atoms with Gasteiger partial charge in [-0.15, -0.1) is 0 Å². The predicted molar refractivity (Wildman–Crippen MR) is 77.1 cm³/mol. The van der Waals surface area contributed by atoms with Crippen LogP contribution in [0, 0.1) is 0 Å². The van der Waals surface area contributed by atoms with Gasteiger partial charge < -0.3 is 14.9 Å². The van der Waals surface area contributed by atoms with Crippen LogP contribution in [0.4, 0.5) is 0 Å². The van der Waals surface area contributed by atoms with Crippen LogP contribution < -0.4 is 5.73 Å². The monoisotopic (exact) mass is 262 g/mol. The summed E-state index contributed by atoms with van der Waals surface area (Å²) >= 11 is 0. The number of fused-ring (bicyclic) bond motifs is 1. The lowest BCUT2D eigenvalue weighted by atomic mass is 10.1. The van der Waals surface area contributed by atoms with E-state index in [0.717, 1.165) is 16.7 Å². The maximum absolute atomic E-state index is 5.92. The molecule has 0 saturated carbocycles. The number of nitrogens with two attached hydrogens (primary N) is 1. The van der Waals surface area contributed by atoms with Crippen LogP contribution in [0.3, 0.4) is 0 Å². The Morgan fingerprint density at radius 2 is 2.11 bits per heavy atom. The first kappa shape index (κ1) is 14.1. The second kappa shape index (κ2) is 6.19. The Labute approximate surface area is 114 Å². The zero-order chi connectivity index (χ0) is 13.8. The standard InChI is InChI=1S/C15H22N2O2/c1-11(10-18-3)17(2)13(9-16)15-8-12-6-4-5-7-14(12)19-15/h4-8,11,13H,9-10,16H2,1-3H3. The SMILES string of the molecule is COCC(C)N(C)C(CN)c1cc2ccccc2o1. The molecule has 4 heteroatoms. The van der Waals surface area contributed by atoms with Crippen molar-refractivity contribution in [2.24, 2.45) is 5.73 Å². The van der Waals surface area contributed by atoms with E-state index in [9.17, 15) is 0 Å². The van der Waals surface area contributed by atoms with E-state index in [1.54, 1.807) is 7.11 Å². The summed E-state index contributed by atoms with van der Waals surface area (Å²) in [5.74, 6) is 0.911. The molecule has 1 aromatic carbocycles. The van der Waals surface area contributed by atoms with E-state index in [-0.39, 0.29) is 12.1 Å². The molecule has 0 fully saturated rings. The van der Waals surface area contributed by atoms with Gasteiger partial charge in [-0.25, -0.2) is 0 Å². The molecule has 0 saturated heterocycles. The minimum absolute atomic E-state index is 0.0672. The number of nitrogens with zero attached hydrogens (tertiary/aromatic N) is 1. The van der Waals surface area contributed by atoms with Gasteiger partial charge in [-0.05, 0) is 26.1 Å². The summed E-state index contributed by atoms with van der Waals surface area (Å²) in [6, 6.07) is 10.4. The Hall–Kier alpha value is -1.36. The van der Waals surface area contributed by atoms with Gasteiger partial charge in [0.15, 0.2) is 0 Å². The largest absolute Gasteiger partial charge is 0.459 e. The van der Waals surface area contributed by atoms with Crippen LogP contribution in [-0.4, -0.2) is 38.3 Å². The third-order valence-electron chi connectivity index (χ3n) is 3.59. The van der Waals surface area contributed by atoms with Gasteiger partial charge in [-0.1, -0.05) is 18.2 Å². The second-order valence-corrected chi connectivity index (χ2v) is 4.91. The highest BCUT2D eigenvalue weighted by Crippen LogP contribution is 2.27. The highest BCUT2D eigenvalue weighted by atomic mass is 16.5. The number of methoxy groups -OCH3 is 1. The molecule has 0 spiro atoms. The summed E-state index contributed by atoms with van der Waals surface area (Å²) in [4.78, 5) is 2.20. The molecule has 0 aliphatic rings. The van der Waals surface area contributed by atoms with Crippen molar-refractivity contribution < 1.29 is 9.15 Å². The Bertz CT molecular complexity index is 491. The zero-order valence-electron chi connectivity index (χ0n) is 11.8. The Morgan fingerprint density at radius 3 is 2.74 bits per heavy atom. The zero-order valence-corrected chi connectivity index (χ0v) is 11.8. The van der Waals surface area contributed by atoms with Crippen molar-refractivity contribution in [3.05, 3.63) is 36.1 Å². The fourth-order valence-corrected chi connectivity index (χ4v) is 2.32. The molecule has 2 aromatic rings. The van der Waals surface area contributed by atoms with Crippen molar-refractivity contribution in [1.29, 1.82) is 0 Å². The van der Waals surface area contributed by atoms with Crippen molar-refractivity contribution in [3.63, 3.8) is 0 Å². The highest BCUT2D eigenvalue weighted by molar-refractivity contribution is 5.77. The fourth-order valence-electron chi connectivity index (χ4n) is 2.32. The summed E-state index contributed by atoms with van der Waals surface area (Å²) in [5.41, 5.74) is 6.83. The van der Waals surface area contributed by atoms with Crippen LogP contribution in [0.5, 0.6) is 0 Å². The number of ether oxygens (including phenoxy) is 1. The van der Waals surface area contributed by atoms with Crippen LogP contribution in [-0.2, 0) is 4.74 Å². The average molecular weight is 262 g/mol. The van der Waals surface area contributed by atoms with Gasteiger partial charge in [0, 0.05) is 25.1 Å². The summed E-state index contributed by atoms with van der Waals surface area (Å²) in [7, 11) is 3.76. The number of rotatable bonds is 6. The average Bonchev–Trinajstić information content (AvgIpc) is 2.83. The van der Waals surface area contributed by atoms with Crippen molar-refractivity contribution in [1.82, 2.24) is 4.90 Å². The van der Waals surface area contributed by atoms with Crippen LogP contribution in [0.15, 0.2) is 34.7 Å². The highest BCUT2D eigenvalue weighted by Gasteiger charge is 2.23. The molecule has 2 unspecified atom stereocenters. The molecule has 0 aliphatic heterocycles. The van der Waals surface area contributed by atoms with Gasteiger partial charge in [-0.3, -0.25) is 4.90 Å². The number of furan rings is 1. The number of benzene rings is 1. The maximum Gasteiger partial charge on any atom is 0.134 e. The molecule has 4 nitrogen and oxygen atoms in total. The number of likely N-dealkylation sites (N-methyl/N-ethyl adjacent to an activating group) is 1. The summed E-state index contributed by atoms with van der Waals surface area (Å²) in [6.07, 6.45) is 0. The summed E-state index contributed by atoms with van der Waals surface area (Å²) in [6.45, 7) is 3.31. The smallest absolute Gasteiger partial charge is 0.134 e. The first-order valence-corrected chi connectivity index (χ1v) is 6.56. The Balaban J connectivity index is 2.25. The van der Waals surface area contributed by atoms with Crippen molar-refractivity contribution in [2.45, 2.75) is 19.0 Å². The van der Waals surface area contributed by atoms with Gasteiger partial charge in [0.2, 0.25) is 0 Å². The molecule has 0 aliphatic carbocycles. The van der Waals surface area contributed by atoms with Crippen LogP contribution in [0.25, 0.3) is 11.0 Å².